The first-order valence-electron chi connectivity index (χ1n) is 5.80. The van der Waals surface area contributed by atoms with E-state index in [4.69, 9.17) is 9.84 Å². The highest BCUT2D eigenvalue weighted by atomic mass is 32.2. The van der Waals surface area contributed by atoms with Gasteiger partial charge in [0.1, 0.15) is 0 Å². The SMILES string of the molecule is OCCCCCOC1CCCC2SC12. The Kier molecular flexibility index (Phi) is 4.14. The van der Waals surface area contributed by atoms with Crippen molar-refractivity contribution in [2.75, 3.05) is 13.2 Å². The summed E-state index contributed by atoms with van der Waals surface area (Å²) in [4.78, 5) is 0. The number of thioether (sulfide) groups is 1. The van der Waals surface area contributed by atoms with Crippen molar-refractivity contribution in [3.8, 4) is 0 Å². The Morgan fingerprint density at radius 2 is 2.14 bits per heavy atom. The van der Waals surface area contributed by atoms with E-state index in [-0.39, 0.29) is 0 Å². The lowest BCUT2D eigenvalue weighted by Crippen LogP contribution is -2.25. The summed E-state index contributed by atoms with van der Waals surface area (Å²) >= 11 is 2.11. The van der Waals surface area contributed by atoms with E-state index in [1.807, 2.05) is 0 Å². The van der Waals surface area contributed by atoms with Crippen LogP contribution in [0.15, 0.2) is 0 Å². The standard InChI is InChI=1S/C11H20O2S/c12-7-2-1-3-8-13-9-5-4-6-10-11(9)14-10/h9-12H,1-8H2. The average molecular weight is 216 g/mol. The molecule has 0 aromatic heterocycles. The van der Waals surface area contributed by atoms with E-state index in [1.165, 1.54) is 19.3 Å². The van der Waals surface area contributed by atoms with Gasteiger partial charge in [0, 0.05) is 23.7 Å². The first-order chi connectivity index (χ1) is 6.92. The van der Waals surface area contributed by atoms with E-state index in [0.717, 1.165) is 36.4 Å². The molecule has 1 N–H and O–H groups in total. The molecule has 2 nitrogen and oxygen atoms in total. The zero-order valence-corrected chi connectivity index (χ0v) is 9.47. The third-order valence-electron chi connectivity index (χ3n) is 3.10. The van der Waals surface area contributed by atoms with Gasteiger partial charge in [-0.25, -0.2) is 0 Å². The van der Waals surface area contributed by atoms with Crippen molar-refractivity contribution in [3.05, 3.63) is 0 Å². The fourth-order valence-corrected chi connectivity index (χ4v) is 3.52. The molecule has 2 fully saturated rings. The quantitative estimate of drug-likeness (QED) is 0.545. The molecule has 0 aromatic rings. The van der Waals surface area contributed by atoms with Crippen LogP contribution in [0.25, 0.3) is 0 Å². The minimum atomic E-state index is 0.323. The third kappa shape index (κ3) is 2.88. The molecule has 0 amide bonds. The molecule has 3 heteroatoms. The van der Waals surface area contributed by atoms with Crippen LogP contribution >= 0.6 is 11.8 Å². The lowest BCUT2D eigenvalue weighted by Gasteiger charge is -2.20. The maximum atomic E-state index is 8.62. The summed E-state index contributed by atoms with van der Waals surface area (Å²) in [6.45, 7) is 1.22. The molecule has 82 valence electrons. The second-order valence-corrected chi connectivity index (χ2v) is 5.69. The molecule has 1 saturated heterocycles. The molecule has 0 radical (unpaired) electrons. The predicted molar refractivity (Wildman–Crippen MR) is 59.7 cm³/mol. The molecule has 1 heterocycles. The monoisotopic (exact) mass is 216 g/mol. The number of aliphatic hydroxyl groups excluding tert-OH is 1. The van der Waals surface area contributed by atoms with Crippen LogP contribution in [0.2, 0.25) is 0 Å². The van der Waals surface area contributed by atoms with Gasteiger partial charge in [-0.1, -0.05) is 0 Å². The lowest BCUT2D eigenvalue weighted by atomic mass is 9.98. The van der Waals surface area contributed by atoms with Gasteiger partial charge in [0.15, 0.2) is 0 Å². The molecule has 14 heavy (non-hydrogen) atoms. The van der Waals surface area contributed by atoms with Crippen LogP contribution in [0.5, 0.6) is 0 Å². The summed E-state index contributed by atoms with van der Waals surface area (Å²) in [7, 11) is 0. The van der Waals surface area contributed by atoms with Gasteiger partial charge >= 0.3 is 0 Å². The number of hydrogen-bond donors (Lipinski definition) is 1. The molecule has 3 unspecified atom stereocenters. The third-order valence-corrected chi connectivity index (χ3v) is 4.61. The normalized spacial score (nSPS) is 35.4. The molecule has 3 atom stereocenters. The van der Waals surface area contributed by atoms with Crippen LogP contribution in [0, 0.1) is 0 Å². The highest BCUT2D eigenvalue weighted by molar-refractivity contribution is 8.07. The van der Waals surface area contributed by atoms with Gasteiger partial charge < -0.3 is 9.84 Å². The lowest BCUT2D eigenvalue weighted by molar-refractivity contribution is 0.0389. The van der Waals surface area contributed by atoms with Gasteiger partial charge in [0.25, 0.3) is 0 Å². The molecule has 2 aliphatic rings. The first-order valence-corrected chi connectivity index (χ1v) is 6.74. The Hall–Kier alpha value is 0.270. The number of hydrogen-bond acceptors (Lipinski definition) is 3. The molecule has 0 aromatic carbocycles. The summed E-state index contributed by atoms with van der Waals surface area (Å²) in [5.74, 6) is 0. The average Bonchev–Trinajstić information content (AvgIpc) is 2.97. The Balaban J connectivity index is 1.52. The molecule has 1 aliphatic heterocycles. The van der Waals surface area contributed by atoms with E-state index in [2.05, 4.69) is 11.8 Å². The summed E-state index contributed by atoms with van der Waals surface area (Å²) in [6, 6.07) is 0. The molecule has 1 aliphatic carbocycles. The van der Waals surface area contributed by atoms with Gasteiger partial charge in [-0.3, -0.25) is 0 Å². The van der Waals surface area contributed by atoms with Gasteiger partial charge in [0.05, 0.1) is 6.10 Å². The highest BCUT2D eigenvalue weighted by Gasteiger charge is 2.46. The van der Waals surface area contributed by atoms with Crippen molar-refractivity contribution in [1.82, 2.24) is 0 Å². The van der Waals surface area contributed by atoms with Gasteiger partial charge in [-0.2, -0.15) is 11.8 Å². The fraction of sp³-hybridized carbons (Fsp3) is 1.00. The molecule has 1 saturated carbocycles. The van der Waals surface area contributed by atoms with Crippen molar-refractivity contribution in [3.63, 3.8) is 0 Å². The van der Waals surface area contributed by atoms with Crippen LogP contribution in [0.1, 0.15) is 38.5 Å². The van der Waals surface area contributed by atoms with Crippen LogP contribution < -0.4 is 0 Å². The second kappa shape index (κ2) is 5.38. The van der Waals surface area contributed by atoms with Crippen molar-refractivity contribution in [2.45, 2.75) is 55.1 Å². The van der Waals surface area contributed by atoms with Crippen LogP contribution in [-0.4, -0.2) is 34.9 Å². The van der Waals surface area contributed by atoms with Crippen molar-refractivity contribution < 1.29 is 9.84 Å². The molecular formula is C11H20O2S. The maximum Gasteiger partial charge on any atom is 0.0704 e. The number of aliphatic hydroxyl groups is 1. The Morgan fingerprint density at radius 1 is 1.21 bits per heavy atom. The predicted octanol–water partition coefficient (Wildman–Crippen LogP) is 2.20. The van der Waals surface area contributed by atoms with Crippen molar-refractivity contribution in [2.24, 2.45) is 0 Å². The number of rotatable bonds is 6. The Bertz CT molecular complexity index is 175. The van der Waals surface area contributed by atoms with Gasteiger partial charge in [-0.15, -0.1) is 0 Å². The van der Waals surface area contributed by atoms with Crippen molar-refractivity contribution >= 4 is 11.8 Å². The summed E-state index contributed by atoms with van der Waals surface area (Å²) in [6.07, 6.45) is 7.73. The van der Waals surface area contributed by atoms with E-state index >= 15 is 0 Å². The van der Waals surface area contributed by atoms with Crippen LogP contribution in [-0.2, 0) is 4.74 Å². The molecule has 2 rings (SSSR count). The van der Waals surface area contributed by atoms with Gasteiger partial charge in [0.2, 0.25) is 0 Å². The summed E-state index contributed by atoms with van der Waals surface area (Å²) in [5, 5.41) is 10.4. The first kappa shape index (κ1) is 10.8. The molecular weight excluding hydrogens is 196 g/mol. The molecule has 0 bridgehead atoms. The van der Waals surface area contributed by atoms with Crippen LogP contribution in [0.4, 0.5) is 0 Å². The van der Waals surface area contributed by atoms with E-state index in [1.54, 1.807) is 0 Å². The minimum absolute atomic E-state index is 0.323. The van der Waals surface area contributed by atoms with Crippen LogP contribution in [0.3, 0.4) is 0 Å². The number of ether oxygens (including phenoxy) is 1. The zero-order chi connectivity index (χ0) is 9.80. The maximum absolute atomic E-state index is 8.62. The van der Waals surface area contributed by atoms with E-state index < -0.39 is 0 Å². The smallest absolute Gasteiger partial charge is 0.0704 e. The second-order valence-electron chi connectivity index (χ2n) is 4.26. The van der Waals surface area contributed by atoms with E-state index in [0.29, 0.717) is 12.7 Å². The highest BCUT2D eigenvalue weighted by Crippen LogP contribution is 2.51. The molecule has 0 spiro atoms. The fourth-order valence-electron chi connectivity index (χ4n) is 2.20. The largest absolute Gasteiger partial charge is 0.396 e. The zero-order valence-electron chi connectivity index (χ0n) is 8.65. The minimum Gasteiger partial charge on any atom is -0.396 e. The summed E-state index contributed by atoms with van der Waals surface area (Å²) < 4.78 is 5.88. The number of fused-ring (bicyclic) bond motifs is 1. The Labute approximate surface area is 90.4 Å². The van der Waals surface area contributed by atoms with Gasteiger partial charge in [-0.05, 0) is 38.5 Å². The van der Waals surface area contributed by atoms with E-state index in [9.17, 15) is 0 Å². The van der Waals surface area contributed by atoms with Crippen molar-refractivity contribution in [1.29, 1.82) is 0 Å². The topological polar surface area (TPSA) is 29.5 Å². The number of unbranched alkanes of at least 4 members (excludes halogenated alkanes) is 2. The Morgan fingerprint density at radius 3 is 3.00 bits per heavy atom. The summed E-state index contributed by atoms with van der Waals surface area (Å²) in [5.41, 5.74) is 0.